The largest absolute Gasteiger partial charge is 0.480 e. The van der Waals surface area contributed by atoms with E-state index in [1.54, 1.807) is 20.8 Å². The Hall–Kier alpha value is -3.56. The van der Waals surface area contributed by atoms with Crippen molar-refractivity contribution in [2.75, 3.05) is 19.6 Å². The maximum atomic E-state index is 13.7. The van der Waals surface area contributed by atoms with Gasteiger partial charge >= 0.3 is 18.2 Å². The zero-order valence-corrected chi connectivity index (χ0v) is 22.1. The van der Waals surface area contributed by atoms with Gasteiger partial charge in [-0.25, -0.2) is 14.4 Å². The van der Waals surface area contributed by atoms with E-state index in [2.05, 4.69) is 11.9 Å². The molecule has 1 saturated carbocycles. The summed E-state index contributed by atoms with van der Waals surface area (Å²) in [4.78, 5) is 53.9. The van der Waals surface area contributed by atoms with E-state index in [0.717, 1.165) is 5.56 Å². The van der Waals surface area contributed by atoms with Gasteiger partial charge in [0.1, 0.15) is 24.3 Å². The molecule has 1 aromatic rings. The molecule has 1 aromatic carbocycles. The zero-order valence-electron chi connectivity index (χ0n) is 22.1. The molecule has 0 unspecified atom stereocenters. The second-order valence-electron chi connectivity index (χ2n) is 11.2. The van der Waals surface area contributed by atoms with Crippen molar-refractivity contribution in [3.8, 4) is 0 Å². The van der Waals surface area contributed by atoms with Crippen LogP contribution in [0, 0.1) is 17.3 Å². The standard InChI is InChI=1S/C27H37N3O7/c1-7-13-29(25(35)36-16-17-11-9-8-10-12-17)15-19(28-24(34)37-26(2,3)4)22(31)30-14-18-20(27(18,5)6)21(30)23(32)33/h7-12,18-21H,1,13-16H2,2-6H3,(H,28,34)(H,32,33)/t18-,19-,20-,21-/m0/s1. The second kappa shape index (κ2) is 10.8. The number of alkyl carbamates (subject to hydrolysis) is 1. The maximum absolute atomic E-state index is 13.7. The average molecular weight is 516 g/mol. The summed E-state index contributed by atoms with van der Waals surface area (Å²) in [7, 11) is 0. The van der Waals surface area contributed by atoms with E-state index in [0.29, 0.717) is 0 Å². The third-order valence-electron chi connectivity index (χ3n) is 6.95. The van der Waals surface area contributed by atoms with Gasteiger partial charge in [0.05, 0.1) is 6.54 Å². The van der Waals surface area contributed by atoms with Crippen molar-refractivity contribution in [2.24, 2.45) is 17.3 Å². The van der Waals surface area contributed by atoms with Crippen molar-refractivity contribution < 1.29 is 33.8 Å². The first-order valence-electron chi connectivity index (χ1n) is 12.4. The number of nitrogens with zero attached hydrogens (tertiary/aromatic N) is 2. The highest BCUT2D eigenvalue weighted by Crippen LogP contribution is 2.64. The summed E-state index contributed by atoms with van der Waals surface area (Å²) in [6.45, 7) is 12.8. The van der Waals surface area contributed by atoms with Crippen molar-refractivity contribution in [3.05, 3.63) is 48.6 Å². The van der Waals surface area contributed by atoms with Gasteiger partial charge in [0.2, 0.25) is 5.91 Å². The Labute approximate surface area is 217 Å². The van der Waals surface area contributed by atoms with E-state index >= 15 is 0 Å². The van der Waals surface area contributed by atoms with Crippen molar-refractivity contribution in [3.63, 3.8) is 0 Å². The third kappa shape index (κ3) is 6.61. The summed E-state index contributed by atoms with van der Waals surface area (Å²) in [6.07, 6.45) is -0.0711. The van der Waals surface area contributed by atoms with Gasteiger partial charge in [0.25, 0.3) is 0 Å². The van der Waals surface area contributed by atoms with Crippen molar-refractivity contribution in [1.82, 2.24) is 15.1 Å². The molecular formula is C27H37N3O7. The molecule has 3 amide bonds. The number of likely N-dealkylation sites (tertiary alicyclic amines) is 1. The minimum absolute atomic E-state index is 0.0249. The molecule has 0 aromatic heterocycles. The van der Waals surface area contributed by atoms with Crippen LogP contribution < -0.4 is 5.32 Å². The van der Waals surface area contributed by atoms with Gasteiger partial charge in [0.15, 0.2) is 0 Å². The molecule has 1 heterocycles. The highest BCUT2D eigenvalue weighted by Gasteiger charge is 2.69. The zero-order chi connectivity index (χ0) is 27.5. The van der Waals surface area contributed by atoms with Crippen molar-refractivity contribution in [2.45, 2.75) is 58.9 Å². The monoisotopic (exact) mass is 515 g/mol. The number of carbonyl (C=O) groups excluding carboxylic acids is 3. The van der Waals surface area contributed by atoms with Crippen molar-refractivity contribution >= 4 is 24.1 Å². The minimum Gasteiger partial charge on any atom is -0.480 e. The Balaban J connectivity index is 1.79. The number of nitrogens with one attached hydrogen (secondary N) is 1. The summed E-state index contributed by atoms with van der Waals surface area (Å²) < 4.78 is 10.8. The molecule has 10 heteroatoms. The van der Waals surface area contributed by atoms with Gasteiger partial charge in [0, 0.05) is 19.0 Å². The lowest BCUT2D eigenvalue weighted by Crippen LogP contribution is -2.58. The molecule has 37 heavy (non-hydrogen) atoms. The van der Waals surface area contributed by atoms with Gasteiger partial charge in [-0.1, -0.05) is 50.3 Å². The SMILES string of the molecule is C=CCN(C[C@H](NC(=O)OC(C)(C)C)C(=O)N1C[C@H]2[C@@H]([C@H]1C(=O)O)C2(C)C)C(=O)OCc1ccccc1. The van der Waals surface area contributed by atoms with E-state index < -0.39 is 41.7 Å². The highest BCUT2D eigenvalue weighted by molar-refractivity contribution is 5.91. The number of carboxylic acids is 1. The molecule has 2 aliphatic rings. The Morgan fingerprint density at radius 1 is 1.24 bits per heavy atom. The van der Waals surface area contributed by atoms with E-state index in [9.17, 15) is 24.3 Å². The molecule has 2 N–H and O–H groups in total. The number of amides is 3. The summed E-state index contributed by atoms with van der Waals surface area (Å²) in [6, 6.07) is 6.87. The molecule has 0 bridgehead atoms. The Morgan fingerprint density at radius 2 is 1.89 bits per heavy atom. The first-order valence-corrected chi connectivity index (χ1v) is 12.4. The number of fused-ring (bicyclic) bond motifs is 1. The molecule has 3 rings (SSSR count). The van der Waals surface area contributed by atoms with E-state index in [4.69, 9.17) is 9.47 Å². The van der Waals surface area contributed by atoms with E-state index in [1.807, 2.05) is 44.2 Å². The fraction of sp³-hybridized carbons (Fsp3) is 0.556. The van der Waals surface area contributed by atoms with Crippen LogP contribution >= 0.6 is 0 Å². The summed E-state index contributed by atoms with van der Waals surface area (Å²) in [5.74, 6) is -1.80. The molecule has 4 atom stereocenters. The fourth-order valence-electron chi connectivity index (χ4n) is 5.04. The highest BCUT2D eigenvalue weighted by atomic mass is 16.6. The first-order chi connectivity index (χ1) is 17.3. The predicted octanol–water partition coefficient (Wildman–Crippen LogP) is 3.27. The number of hydrogen-bond acceptors (Lipinski definition) is 6. The topological polar surface area (TPSA) is 125 Å². The predicted molar refractivity (Wildman–Crippen MR) is 135 cm³/mol. The van der Waals surface area contributed by atoms with Crippen LogP contribution in [0.4, 0.5) is 9.59 Å². The fourth-order valence-corrected chi connectivity index (χ4v) is 5.04. The van der Waals surface area contributed by atoms with E-state index in [-0.39, 0.29) is 43.5 Å². The molecule has 1 aliphatic carbocycles. The first kappa shape index (κ1) is 28.0. The van der Waals surface area contributed by atoms with Crippen LogP contribution in [0.1, 0.15) is 40.2 Å². The molecule has 202 valence electrons. The number of ether oxygens (including phenoxy) is 2. The van der Waals surface area contributed by atoms with Gasteiger partial charge in [-0.05, 0) is 37.7 Å². The van der Waals surface area contributed by atoms with Gasteiger partial charge in [-0.3, -0.25) is 4.79 Å². The summed E-state index contributed by atoms with van der Waals surface area (Å²) in [5, 5.41) is 12.5. The van der Waals surface area contributed by atoms with Crippen LogP contribution in [0.2, 0.25) is 0 Å². The average Bonchev–Trinajstić information content (AvgIpc) is 3.15. The lowest BCUT2D eigenvalue weighted by Gasteiger charge is -2.33. The van der Waals surface area contributed by atoms with Crippen molar-refractivity contribution in [1.29, 1.82) is 0 Å². The van der Waals surface area contributed by atoms with Crippen LogP contribution in [-0.2, 0) is 25.7 Å². The smallest absolute Gasteiger partial charge is 0.410 e. The lowest BCUT2D eigenvalue weighted by atomic mass is 10.0. The van der Waals surface area contributed by atoms with Gasteiger partial charge in [-0.2, -0.15) is 0 Å². The Morgan fingerprint density at radius 3 is 2.46 bits per heavy atom. The number of aliphatic carboxylic acids is 1. The molecule has 0 spiro atoms. The number of carbonyl (C=O) groups is 4. The van der Waals surface area contributed by atoms with Gasteiger partial charge in [-0.15, -0.1) is 6.58 Å². The number of rotatable bonds is 9. The molecule has 2 fully saturated rings. The van der Waals surface area contributed by atoms with E-state index in [1.165, 1.54) is 15.9 Å². The summed E-state index contributed by atoms with van der Waals surface area (Å²) in [5.41, 5.74) is -0.211. The molecule has 1 aliphatic heterocycles. The Kier molecular flexibility index (Phi) is 8.19. The molecule has 0 radical (unpaired) electrons. The second-order valence-corrected chi connectivity index (χ2v) is 11.2. The molecule has 1 saturated heterocycles. The van der Waals surface area contributed by atoms with Crippen LogP contribution in [0.3, 0.4) is 0 Å². The van der Waals surface area contributed by atoms with Crippen LogP contribution in [0.25, 0.3) is 0 Å². The quantitative estimate of drug-likeness (QED) is 0.484. The Bertz CT molecular complexity index is 1030. The normalized spacial score (nSPS) is 22.3. The molecular weight excluding hydrogens is 478 g/mol. The minimum atomic E-state index is -1.25. The molecule has 10 nitrogen and oxygen atoms in total. The van der Waals surface area contributed by atoms with Gasteiger partial charge < -0.3 is 29.7 Å². The number of benzene rings is 1. The summed E-state index contributed by atoms with van der Waals surface area (Å²) >= 11 is 0. The third-order valence-corrected chi connectivity index (χ3v) is 6.95. The van der Waals surface area contributed by atoms with Crippen LogP contribution in [-0.4, -0.2) is 76.3 Å². The van der Waals surface area contributed by atoms with Crippen LogP contribution in [0.5, 0.6) is 0 Å². The lowest BCUT2D eigenvalue weighted by molar-refractivity contribution is -0.151. The number of hydrogen-bond donors (Lipinski definition) is 2. The number of piperidine rings is 1. The number of carboxylic acid groups (broad SMARTS) is 1. The maximum Gasteiger partial charge on any atom is 0.410 e. The van der Waals surface area contributed by atoms with Crippen LogP contribution in [0.15, 0.2) is 43.0 Å².